The van der Waals surface area contributed by atoms with Gasteiger partial charge in [0.25, 0.3) is 0 Å². The van der Waals surface area contributed by atoms with Crippen LogP contribution >= 0.6 is 0 Å². The highest BCUT2D eigenvalue weighted by Crippen LogP contribution is 2.43. The number of anilines is 1. The molecule has 1 unspecified atom stereocenters. The van der Waals surface area contributed by atoms with Crippen LogP contribution in [0.15, 0.2) is 52.6 Å². The maximum Gasteiger partial charge on any atom is 0.0436 e. The standard InChI is InChI=1S/C24H35N/c1-4-7-8-10-13-20-16-19(5-2)23-17-25(18-24(23)22(20)6-3)21-14-11-9-12-15-21/h9,11-12,14-15,20H,4-8,10,13,16-18H2,1-3H3. The summed E-state index contributed by atoms with van der Waals surface area (Å²) in [4.78, 5) is 2.58. The fraction of sp³-hybridized carbons (Fsp3) is 0.583. The molecule has 1 saturated heterocycles. The fourth-order valence-corrected chi connectivity index (χ4v) is 4.81. The summed E-state index contributed by atoms with van der Waals surface area (Å²) in [6.07, 6.45) is 10.7. The molecule has 0 saturated carbocycles. The minimum atomic E-state index is 0.811. The predicted molar refractivity (Wildman–Crippen MR) is 110 cm³/mol. The van der Waals surface area contributed by atoms with Crippen LogP contribution in [0.4, 0.5) is 5.69 Å². The molecule has 1 atom stereocenters. The Balaban J connectivity index is 1.82. The summed E-state index contributed by atoms with van der Waals surface area (Å²) >= 11 is 0. The summed E-state index contributed by atoms with van der Waals surface area (Å²) in [6.45, 7) is 9.28. The molecule has 0 N–H and O–H groups in total. The minimum Gasteiger partial charge on any atom is -0.363 e. The molecule has 1 aromatic carbocycles. The second-order valence-corrected chi connectivity index (χ2v) is 7.73. The summed E-state index contributed by atoms with van der Waals surface area (Å²) in [5.41, 5.74) is 8.29. The number of para-hydroxylation sites is 1. The molecule has 0 amide bonds. The van der Waals surface area contributed by atoms with Crippen LogP contribution < -0.4 is 4.90 Å². The zero-order valence-electron chi connectivity index (χ0n) is 16.5. The lowest BCUT2D eigenvalue weighted by molar-refractivity contribution is 0.482. The van der Waals surface area contributed by atoms with Crippen molar-refractivity contribution in [1.29, 1.82) is 0 Å². The number of nitrogens with zero attached hydrogens (tertiary/aromatic N) is 1. The van der Waals surface area contributed by atoms with E-state index in [1.54, 1.807) is 22.3 Å². The van der Waals surface area contributed by atoms with Crippen molar-refractivity contribution in [2.45, 2.75) is 72.1 Å². The van der Waals surface area contributed by atoms with Gasteiger partial charge in [-0.3, -0.25) is 0 Å². The highest BCUT2D eigenvalue weighted by Gasteiger charge is 2.33. The summed E-state index contributed by atoms with van der Waals surface area (Å²) in [5, 5.41) is 0. The van der Waals surface area contributed by atoms with Gasteiger partial charge in [-0.15, -0.1) is 0 Å². The van der Waals surface area contributed by atoms with E-state index in [4.69, 9.17) is 0 Å². The molecule has 1 heterocycles. The zero-order chi connectivity index (χ0) is 17.6. The van der Waals surface area contributed by atoms with Crippen molar-refractivity contribution < 1.29 is 0 Å². The third kappa shape index (κ3) is 4.02. The first kappa shape index (κ1) is 18.3. The highest BCUT2D eigenvalue weighted by molar-refractivity contribution is 5.60. The molecule has 0 bridgehead atoms. The molecular weight excluding hydrogens is 302 g/mol. The molecule has 2 aliphatic rings. The number of allylic oxidation sites excluding steroid dienone is 2. The van der Waals surface area contributed by atoms with Crippen molar-refractivity contribution in [1.82, 2.24) is 0 Å². The van der Waals surface area contributed by atoms with Crippen LogP contribution in [-0.4, -0.2) is 13.1 Å². The van der Waals surface area contributed by atoms with E-state index in [1.165, 1.54) is 57.1 Å². The van der Waals surface area contributed by atoms with Gasteiger partial charge in [-0.25, -0.2) is 0 Å². The van der Waals surface area contributed by atoms with Crippen molar-refractivity contribution in [2.75, 3.05) is 18.0 Å². The number of hydrogen-bond donors (Lipinski definition) is 0. The van der Waals surface area contributed by atoms with E-state index >= 15 is 0 Å². The van der Waals surface area contributed by atoms with Gasteiger partial charge in [0.2, 0.25) is 0 Å². The van der Waals surface area contributed by atoms with Crippen molar-refractivity contribution in [3.8, 4) is 0 Å². The molecule has 25 heavy (non-hydrogen) atoms. The SMILES string of the molecule is CCCCCCC1CC(CC)=C2CN(c3ccccc3)CC2=C1CC. The molecule has 1 nitrogen and oxygen atoms in total. The third-order valence-electron chi connectivity index (χ3n) is 6.20. The first-order valence-corrected chi connectivity index (χ1v) is 10.5. The Labute approximate surface area is 154 Å². The summed E-state index contributed by atoms with van der Waals surface area (Å²) < 4.78 is 0. The topological polar surface area (TPSA) is 3.24 Å². The Bertz CT molecular complexity index is 623. The average Bonchev–Trinajstić information content (AvgIpc) is 3.10. The van der Waals surface area contributed by atoms with Crippen LogP contribution in [0.5, 0.6) is 0 Å². The monoisotopic (exact) mass is 337 g/mol. The normalized spacial score (nSPS) is 20.4. The van der Waals surface area contributed by atoms with Gasteiger partial charge in [0, 0.05) is 18.8 Å². The maximum absolute atomic E-state index is 2.58. The molecule has 1 aromatic rings. The first-order chi connectivity index (χ1) is 12.3. The van der Waals surface area contributed by atoms with Gasteiger partial charge in [0.15, 0.2) is 0 Å². The molecule has 0 radical (unpaired) electrons. The summed E-state index contributed by atoms with van der Waals surface area (Å²) in [6, 6.07) is 11.0. The molecular formula is C24H35N. The van der Waals surface area contributed by atoms with E-state index in [0.717, 1.165) is 19.0 Å². The van der Waals surface area contributed by atoms with Crippen LogP contribution in [0.1, 0.15) is 72.1 Å². The molecule has 1 aliphatic heterocycles. The number of fused-ring (bicyclic) bond motifs is 1. The molecule has 1 heteroatoms. The van der Waals surface area contributed by atoms with E-state index in [0.29, 0.717) is 0 Å². The van der Waals surface area contributed by atoms with Gasteiger partial charge in [0.05, 0.1) is 0 Å². The zero-order valence-corrected chi connectivity index (χ0v) is 16.5. The van der Waals surface area contributed by atoms with Crippen LogP contribution in [-0.2, 0) is 0 Å². The van der Waals surface area contributed by atoms with Crippen molar-refractivity contribution in [2.24, 2.45) is 5.92 Å². The van der Waals surface area contributed by atoms with E-state index in [9.17, 15) is 0 Å². The van der Waals surface area contributed by atoms with Crippen molar-refractivity contribution in [3.05, 3.63) is 52.6 Å². The first-order valence-electron chi connectivity index (χ1n) is 10.5. The van der Waals surface area contributed by atoms with E-state index in [1.807, 2.05) is 0 Å². The fourth-order valence-electron chi connectivity index (χ4n) is 4.81. The van der Waals surface area contributed by atoms with Gasteiger partial charge in [0.1, 0.15) is 0 Å². The van der Waals surface area contributed by atoms with Crippen LogP contribution in [0.3, 0.4) is 0 Å². The largest absolute Gasteiger partial charge is 0.363 e. The van der Waals surface area contributed by atoms with Gasteiger partial charge >= 0.3 is 0 Å². The number of rotatable bonds is 8. The molecule has 1 aliphatic carbocycles. The highest BCUT2D eigenvalue weighted by atomic mass is 15.1. The minimum absolute atomic E-state index is 0.811. The number of unbranched alkanes of at least 4 members (excludes halogenated alkanes) is 3. The predicted octanol–water partition coefficient (Wildman–Crippen LogP) is 6.91. The maximum atomic E-state index is 2.58. The quantitative estimate of drug-likeness (QED) is 0.466. The van der Waals surface area contributed by atoms with Gasteiger partial charge in [-0.1, -0.05) is 75.8 Å². The van der Waals surface area contributed by atoms with Crippen LogP contribution in [0.2, 0.25) is 0 Å². The second-order valence-electron chi connectivity index (χ2n) is 7.73. The molecule has 136 valence electrons. The van der Waals surface area contributed by atoms with E-state index in [2.05, 4.69) is 56.0 Å². The van der Waals surface area contributed by atoms with Crippen molar-refractivity contribution in [3.63, 3.8) is 0 Å². The van der Waals surface area contributed by atoms with Crippen molar-refractivity contribution >= 4 is 5.69 Å². The molecule has 3 rings (SSSR count). The number of benzene rings is 1. The summed E-state index contributed by atoms with van der Waals surface area (Å²) in [7, 11) is 0. The molecule has 0 aromatic heterocycles. The smallest absolute Gasteiger partial charge is 0.0436 e. The van der Waals surface area contributed by atoms with Crippen LogP contribution in [0.25, 0.3) is 0 Å². The lowest BCUT2D eigenvalue weighted by Crippen LogP contribution is -2.18. The van der Waals surface area contributed by atoms with E-state index < -0.39 is 0 Å². The molecule has 1 fully saturated rings. The van der Waals surface area contributed by atoms with E-state index in [-0.39, 0.29) is 0 Å². The Morgan fingerprint density at radius 3 is 2.32 bits per heavy atom. The average molecular weight is 338 g/mol. The van der Waals surface area contributed by atoms with Gasteiger partial charge in [-0.05, 0) is 54.9 Å². The Morgan fingerprint density at radius 2 is 1.64 bits per heavy atom. The van der Waals surface area contributed by atoms with Gasteiger partial charge < -0.3 is 4.90 Å². The van der Waals surface area contributed by atoms with Crippen LogP contribution in [0, 0.1) is 5.92 Å². The molecule has 0 spiro atoms. The Hall–Kier alpha value is -1.50. The third-order valence-corrected chi connectivity index (χ3v) is 6.20. The lowest BCUT2D eigenvalue weighted by atomic mass is 9.75. The second kappa shape index (κ2) is 8.74. The Kier molecular flexibility index (Phi) is 6.39. The van der Waals surface area contributed by atoms with Gasteiger partial charge in [-0.2, -0.15) is 0 Å². The Morgan fingerprint density at radius 1 is 0.880 bits per heavy atom. The number of hydrogen-bond acceptors (Lipinski definition) is 1. The summed E-state index contributed by atoms with van der Waals surface area (Å²) in [5.74, 6) is 0.811. The lowest BCUT2D eigenvalue weighted by Gasteiger charge is -2.29.